The summed E-state index contributed by atoms with van der Waals surface area (Å²) in [5, 5.41) is 0.203. The number of benzene rings is 2. The van der Waals surface area contributed by atoms with Gasteiger partial charge in [0.25, 0.3) is 20.2 Å². The lowest BCUT2D eigenvalue weighted by Crippen LogP contribution is -2.00. The molecule has 132 valence electrons. The van der Waals surface area contributed by atoms with Gasteiger partial charge in [-0.1, -0.05) is 23.2 Å². The van der Waals surface area contributed by atoms with Crippen molar-refractivity contribution in [2.24, 2.45) is 0 Å². The molecule has 0 saturated heterocycles. The van der Waals surface area contributed by atoms with Crippen molar-refractivity contribution in [1.82, 2.24) is 0 Å². The molecule has 2 rings (SSSR count). The molecule has 6 N–H and O–H groups in total. The van der Waals surface area contributed by atoms with Crippen molar-refractivity contribution >= 4 is 54.8 Å². The maximum Gasteiger partial charge on any atom is 0.296 e. The lowest BCUT2D eigenvalue weighted by atomic mass is 10.3. The molecule has 24 heavy (non-hydrogen) atoms. The van der Waals surface area contributed by atoms with Crippen LogP contribution in [-0.2, 0) is 20.2 Å². The molecule has 0 aliphatic heterocycles. The molecule has 0 radical (unpaired) electrons. The SMILES string of the molecule is Nc1cc(S(=O)(=O)O)ccc1Cl.Nc1ccc(Cl)c(S(=O)(=O)O)c1. The van der Waals surface area contributed by atoms with Gasteiger partial charge in [0.15, 0.2) is 0 Å². The molecule has 0 aliphatic rings. The molecular formula is C12H12Cl2N2O6S2. The van der Waals surface area contributed by atoms with Gasteiger partial charge in [0.05, 0.1) is 20.6 Å². The molecule has 2 aromatic rings. The Hall–Kier alpha value is -1.56. The van der Waals surface area contributed by atoms with Crippen LogP contribution in [0.3, 0.4) is 0 Å². The van der Waals surface area contributed by atoms with E-state index in [4.69, 9.17) is 43.8 Å². The first kappa shape index (κ1) is 20.5. The van der Waals surface area contributed by atoms with Crippen molar-refractivity contribution in [2.75, 3.05) is 11.5 Å². The zero-order chi connectivity index (χ0) is 18.7. The molecular weight excluding hydrogens is 403 g/mol. The van der Waals surface area contributed by atoms with Gasteiger partial charge in [0.2, 0.25) is 0 Å². The number of halogens is 2. The Bertz CT molecular complexity index is 962. The topological polar surface area (TPSA) is 161 Å². The Morgan fingerprint density at radius 1 is 0.792 bits per heavy atom. The van der Waals surface area contributed by atoms with Crippen LogP contribution in [0.5, 0.6) is 0 Å². The van der Waals surface area contributed by atoms with Crippen LogP contribution in [0.1, 0.15) is 0 Å². The third-order valence-electron chi connectivity index (χ3n) is 2.50. The molecule has 0 spiro atoms. The zero-order valence-corrected chi connectivity index (χ0v) is 14.9. The fourth-order valence-corrected chi connectivity index (χ4v) is 3.04. The third kappa shape index (κ3) is 5.82. The molecule has 0 fully saturated rings. The van der Waals surface area contributed by atoms with Crippen molar-refractivity contribution in [3.05, 3.63) is 46.4 Å². The number of nitrogens with two attached hydrogens (primary N) is 2. The largest absolute Gasteiger partial charge is 0.399 e. The summed E-state index contributed by atoms with van der Waals surface area (Å²) in [6.45, 7) is 0. The van der Waals surface area contributed by atoms with Crippen LogP contribution in [0.15, 0.2) is 46.2 Å². The summed E-state index contributed by atoms with van der Waals surface area (Å²) >= 11 is 11.0. The Morgan fingerprint density at radius 2 is 1.33 bits per heavy atom. The summed E-state index contributed by atoms with van der Waals surface area (Å²) in [6.07, 6.45) is 0. The van der Waals surface area contributed by atoms with Crippen LogP contribution >= 0.6 is 23.2 Å². The Kier molecular flexibility index (Phi) is 6.45. The van der Waals surface area contributed by atoms with Gasteiger partial charge in [-0.2, -0.15) is 16.8 Å². The predicted molar refractivity (Wildman–Crippen MR) is 91.4 cm³/mol. The highest BCUT2D eigenvalue weighted by Crippen LogP contribution is 2.23. The second-order valence-corrected chi connectivity index (χ2v) is 7.95. The highest BCUT2D eigenvalue weighted by atomic mass is 35.5. The van der Waals surface area contributed by atoms with Gasteiger partial charge in [-0.15, -0.1) is 0 Å². The standard InChI is InChI=1S/2C6H6ClNO3S/c7-5-2-1-4(3-6(5)8)12(9,10)11;7-5-2-1-4(8)3-6(5)12(9,10)11/h2*1-3H,8H2,(H,9,10,11). The first-order chi connectivity index (χ1) is 10.8. The summed E-state index contributed by atoms with van der Waals surface area (Å²) < 4.78 is 59.6. The maximum atomic E-state index is 10.6. The molecule has 0 unspecified atom stereocenters. The number of rotatable bonds is 2. The van der Waals surface area contributed by atoms with E-state index in [9.17, 15) is 16.8 Å². The molecule has 0 aromatic heterocycles. The maximum absolute atomic E-state index is 10.6. The highest BCUT2D eigenvalue weighted by Gasteiger charge is 2.14. The fourth-order valence-electron chi connectivity index (χ4n) is 1.40. The summed E-state index contributed by atoms with van der Waals surface area (Å²) in [4.78, 5) is -0.631. The van der Waals surface area contributed by atoms with Crippen LogP contribution in [-0.4, -0.2) is 25.9 Å². The lowest BCUT2D eigenvalue weighted by molar-refractivity contribution is 0.481. The van der Waals surface area contributed by atoms with E-state index in [0.717, 1.165) is 12.1 Å². The Balaban J connectivity index is 0.000000240. The van der Waals surface area contributed by atoms with Crippen LogP contribution in [0.2, 0.25) is 10.0 Å². The summed E-state index contributed by atoms with van der Waals surface area (Å²) in [7, 11) is -8.45. The molecule has 0 atom stereocenters. The van der Waals surface area contributed by atoms with Gasteiger partial charge < -0.3 is 11.5 Å². The molecule has 0 bridgehead atoms. The van der Waals surface area contributed by atoms with E-state index >= 15 is 0 Å². The van der Waals surface area contributed by atoms with Gasteiger partial charge in [-0.05, 0) is 36.4 Å². The van der Waals surface area contributed by atoms with Crippen molar-refractivity contribution in [1.29, 1.82) is 0 Å². The normalized spacial score (nSPS) is 11.5. The van der Waals surface area contributed by atoms with Gasteiger partial charge in [0.1, 0.15) is 4.90 Å². The minimum absolute atomic E-state index is 0.0494. The van der Waals surface area contributed by atoms with Gasteiger partial charge in [-0.3, -0.25) is 9.11 Å². The summed E-state index contributed by atoms with van der Waals surface area (Å²) in [5.41, 5.74) is 10.9. The van der Waals surface area contributed by atoms with Gasteiger partial charge >= 0.3 is 0 Å². The van der Waals surface area contributed by atoms with E-state index < -0.39 is 20.2 Å². The Morgan fingerprint density at radius 3 is 1.75 bits per heavy atom. The van der Waals surface area contributed by atoms with Crippen LogP contribution < -0.4 is 11.5 Å². The third-order valence-corrected chi connectivity index (χ3v) is 5.03. The number of nitrogen functional groups attached to an aromatic ring is 2. The van der Waals surface area contributed by atoms with Gasteiger partial charge in [0, 0.05) is 5.69 Å². The number of hydrogen-bond donors (Lipinski definition) is 4. The van der Waals surface area contributed by atoms with E-state index in [2.05, 4.69) is 0 Å². The minimum atomic E-state index is -4.27. The molecule has 0 amide bonds. The predicted octanol–water partition coefficient (Wildman–Crippen LogP) is 2.34. The lowest BCUT2D eigenvalue weighted by Gasteiger charge is -2.00. The quantitative estimate of drug-likeness (QED) is 0.429. The fraction of sp³-hybridized carbons (Fsp3) is 0. The first-order valence-corrected chi connectivity index (χ1v) is 9.51. The van der Waals surface area contributed by atoms with E-state index in [0.29, 0.717) is 0 Å². The second kappa shape index (κ2) is 7.55. The smallest absolute Gasteiger partial charge is 0.296 e. The monoisotopic (exact) mass is 414 g/mol. The second-order valence-electron chi connectivity index (χ2n) is 4.32. The van der Waals surface area contributed by atoms with Crippen molar-refractivity contribution in [3.63, 3.8) is 0 Å². The average Bonchev–Trinajstić information content (AvgIpc) is 2.43. The van der Waals surface area contributed by atoms with Crippen LogP contribution in [0.4, 0.5) is 11.4 Å². The summed E-state index contributed by atoms with van der Waals surface area (Å²) in [6, 6.07) is 7.42. The summed E-state index contributed by atoms with van der Waals surface area (Å²) in [5.74, 6) is 0. The van der Waals surface area contributed by atoms with E-state index in [1.807, 2.05) is 0 Å². The molecule has 0 saturated carbocycles. The van der Waals surface area contributed by atoms with Crippen molar-refractivity contribution in [3.8, 4) is 0 Å². The van der Waals surface area contributed by atoms with E-state index in [-0.39, 0.29) is 31.2 Å². The molecule has 12 heteroatoms. The van der Waals surface area contributed by atoms with Crippen LogP contribution in [0, 0.1) is 0 Å². The molecule has 2 aromatic carbocycles. The average molecular weight is 415 g/mol. The first-order valence-electron chi connectivity index (χ1n) is 5.87. The Labute approximate surface area is 148 Å². The van der Waals surface area contributed by atoms with Crippen molar-refractivity contribution in [2.45, 2.75) is 9.79 Å². The zero-order valence-electron chi connectivity index (χ0n) is 11.7. The van der Waals surface area contributed by atoms with Gasteiger partial charge in [-0.25, -0.2) is 0 Å². The number of anilines is 2. The molecule has 0 heterocycles. The van der Waals surface area contributed by atoms with E-state index in [1.165, 1.54) is 24.3 Å². The molecule has 0 aliphatic carbocycles. The van der Waals surface area contributed by atoms with Crippen molar-refractivity contribution < 1.29 is 25.9 Å². The van der Waals surface area contributed by atoms with E-state index in [1.54, 1.807) is 0 Å². The van der Waals surface area contributed by atoms with Crippen LogP contribution in [0.25, 0.3) is 0 Å². The molecule has 8 nitrogen and oxygen atoms in total. The highest BCUT2D eigenvalue weighted by molar-refractivity contribution is 7.86. The number of hydrogen-bond acceptors (Lipinski definition) is 6. The minimum Gasteiger partial charge on any atom is -0.399 e.